The maximum atomic E-state index is 12.2. The van der Waals surface area contributed by atoms with Crippen LogP contribution < -0.4 is 10.1 Å². The van der Waals surface area contributed by atoms with Gasteiger partial charge in [-0.3, -0.25) is 14.6 Å². The van der Waals surface area contributed by atoms with Gasteiger partial charge in [-0.05, 0) is 29.3 Å². The van der Waals surface area contributed by atoms with Gasteiger partial charge < -0.3 is 15.2 Å². The van der Waals surface area contributed by atoms with Crippen molar-refractivity contribution in [3.63, 3.8) is 0 Å². The summed E-state index contributed by atoms with van der Waals surface area (Å²) in [6.07, 6.45) is 3.35. The summed E-state index contributed by atoms with van der Waals surface area (Å²) >= 11 is 0. The van der Waals surface area contributed by atoms with E-state index in [9.17, 15) is 9.59 Å². The van der Waals surface area contributed by atoms with E-state index in [2.05, 4.69) is 10.3 Å². The quantitative estimate of drug-likeness (QED) is 0.776. The summed E-state index contributed by atoms with van der Waals surface area (Å²) in [5.41, 5.74) is 1.69. The molecule has 24 heavy (non-hydrogen) atoms. The van der Waals surface area contributed by atoms with Crippen molar-refractivity contribution in [2.75, 3.05) is 7.11 Å². The van der Waals surface area contributed by atoms with E-state index in [0.717, 1.165) is 11.1 Å². The molecule has 1 amide bonds. The van der Waals surface area contributed by atoms with Gasteiger partial charge in [-0.2, -0.15) is 0 Å². The van der Waals surface area contributed by atoms with E-state index >= 15 is 0 Å². The summed E-state index contributed by atoms with van der Waals surface area (Å²) in [6.45, 7) is 0.370. The summed E-state index contributed by atoms with van der Waals surface area (Å²) in [6, 6.07) is 10.8. The van der Waals surface area contributed by atoms with Gasteiger partial charge in [-0.15, -0.1) is 0 Å². The maximum absolute atomic E-state index is 12.2. The fraction of sp³-hybridized carbons (Fsp3) is 0.278. The van der Waals surface area contributed by atoms with Crippen LogP contribution in [-0.2, 0) is 16.1 Å². The summed E-state index contributed by atoms with van der Waals surface area (Å²) in [4.78, 5) is 27.2. The summed E-state index contributed by atoms with van der Waals surface area (Å²) in [7, 11) is 1.57. The SMILES string of the molecule is COc1ccc([C@H](CC(=O)O)CC(=O)NCc2cccnc2)cc1. The van der Waals surface area contributed by atoms with Crippen LogP contribution in [0.4, 0.5) is 0 Å². The number of pyridine rings is 1. The predicted molar refractivity (Wildman–Crippen MR) is 88.7 cm³/mol. The summed E-state index contributed by atoms with van der Waals surface area (Å²) < 4.78 is 5.10. The number of methoxy groups -OCH3 is 1. The van der Waals surface area contributed by atoms with Crippen molar-refractivity contribution in [3.05, 3.63) is 59.9 Å². The Morgan fingerprint density at radius 1 is 1.21 bits per heavy atom. The van der Waals surface area contributed by atoms with Crippen LogP contribution >= 0.6 is 0 Å². The van der Waals surface area contributed by atoms with Gasteiger partial charge in [-0.1, -0.05) is 18.2 Å². The molecule has 0 unspecified atom stereocenters. The van der Waals surface area contributed by atoms with Gasteiger partial charge in [0.2, 0.25) is 5.91 Å². The topological polar surface area (TPSA) is 88.5 Å². The lowest BCUT2D eigenvalue weighted by atomic mass is 9.92. The number of nitrogens with zero attached hydrogens (tertiary/aromatic N) is 1. The molecule has 6 heteroatoms. The number of nitrogens with one attached hydrogen (secondary N) is 1. The van der Waals surface area contributed by atoms with Crippen LogP contribution in [0.3, 0.4) is 0 Å². The number of benzene rings is 1. The van der Waals surface area contributed by atoms with E-state index in [1.54, 1.807) is 49.8 Å². The highest BCUT2D eigenvalue weighted by atomic mass is 16.5. The largest absolute Gasteiger partial charge is 0.497 e. The third-order valence-corrected chi connectivity index (χ3v) is 3.65. The molecular formula is C18H20N2O4. The molecule has 2 rings (SSSR count). The Labute approximate surface area is 140 Å². The lowest BCUT2D eigenvalue weighted by Gasteiger charge is -2.15. The number of carbonyl (C=O) groups excluding carboxylic acids is 1. The van der Waals surface area contributed by atoms with Crippen LogP contribution in [0.25, 0.3) is 0 Å². The second kappa shape index (κ2) is 8.67. The molecule has 0 radical (unpaired) electrons. The number of amides is 1. The average Bonchev–Trinajstić information content (AvgIpc) is 2.60. The van der Waals surface area contributed by atoms with Crippen LogP contribution in [0.5, 0.6) is 5.75 Å². The van der Waals surface area contributed by atoms with E-state index in [-0.39, 0.29) is 24.7 Å². The van der Waals surface area contributed by atoms with Gasteiger partial charge >= 0.3 is 5.97 Å². The minimum Gasteiger partial charge on any atom is -0.497 e. The van der Waals surface area contributed by atoms with Crippen LogP contribution in [0, 0.1) is 0 Å². The van der Waals surface area contributed by atoms with Crippen LogP contribution in [0.2, 0.25) is 0 Å². The zero-order valence-electron chi connectivity index (χ0n) is 13.4. The highest BCUT2D eigenvalue weighted by Gasteiger charge is 2.19. The van der Waals surface area contributed by atoms with Crippen molar-refractivity contribution in [3.8, 4) is 5.75 Å². The fourth-order valence-electron chi connectivity index (χ4n) is 2.39. The first kappa shape index (κ1) is 17.5. The lowest BCUT2D eigenvalue weighted by molar-refractivity contribution is -0.137. The molecule has 0 saturated carbocycles. The molecule has 0 fully saturated rings. The molecule has 0 saturated heterocycles. The molecule has 0 aliphatic rings. The average molecular weight is 328 g/mol. The van der Waals surface area contributed by atoms with Gasteiger partial charge in [0, 0.05) is 31.3 Å². The standard InChI is InChI=1S/C18H20N2O4/c1-24-16-6-4-14(5-7-16)15(10-18(22)23)9-17(21)20-12-13-3-2-8-19-11-13/h2-8,11,15H,9-10,12H2,1H3,(H,20,21)(H,22,23)/t15-/m0/s1. The summed E-state index contributed by atoms with van der Waals surface area (Å²) in [5.74, 6) is -0.826. The monoisotopic (exact) mass is 328 g/mol. The number of hydrogen-bond acceptors (Lipinski definition) is 4. The van der Waals surface area contributed by atoms with Crippen molar-refractivity contribution in [2.24, 2.45) is 0 Å². The first-order valence-corrected chi connectivity index (χ1v) is 7.60. The number of carboxylic acid groups (broad SMARTS) is 1. The van der Waals surface area contributed by atoms with Crippen molar-refractivity contribution < 1.29 is 19.4 Å². The van der Waals surface area contributed by atoms with Gasteiger partial charge in [0.05, 0.1) is 13.5 Å². The molecule has 2 aromatic rings. The number of rotatable bonds is 8. The molecule has 0 spiro atoms. The first-order chi connectivity index (χ1) is 11.6. The third-order valence-electron chi connectivity index (χ3n) is 3.65. The zero-order chi connectivity index (χ0) is 17.4. The summed E-state index contributed by atoms with van der Waals surface area (Å²) in [5, 5.41) is 11.9. The van der Waals surface area contributed by atoms with Gasteiger partial charge in [0.25, 0.3) is 0 Å². The smallest absolute Gasteiger partial charge is 0.303 e. The maximum Gasteiger partial charge on any atom is 0.303 e. The van der Waals surface area contributed by atoms with E-state index in [0.29, 0.717) is 12.3 Å². The zero-order valence-corrected chi connectivity index (χ0v) is 13.4. The molecule has 1 aromatic carbocycles. The van der Waals surface area contributed by atoms with Gasteiger partial charge in [-0.25, -0.2) is 0 Å². The second-order valence-electron chi connectivity index (χ2n) is 5.41. The molecule has 6 nitrogen and oxygen atoms in total. The molecule has 0 aliphatic heterocycles. The van der Waals surface area contributed by atoms with Gasteiger partial charge in [0.1, 0.15) is 5.75 Å². The number of ether oxygens (including phenoxy) is 1. The van der Waals surface area contributed by atoms with E-state index in [1.165, 1.54) is 0 Å². The predicted octanol–water partition coefficient (Wildman–Crippen LogP) is 2.36. The third kappa shape index (κ3) is 5.39. The van der Waals surface area contributed by atoms with Crippen molar-refractivity contribution in [1.29, 1.82) is 0 Å². The van der Waals surface area contributed by atoms with Crippen molar-refractivity contribution in [1.82, 2.24) is 10.3 Å². The highest BCUT2D eigenvalue weighted by molar-refractivity contribution is 5.78. The highest BCUT2D eigenvalue weighted by Crippen LogP contribution is 2.25. The number of aliphatic carboxylic acids is 1. The number of hydrogen-bond donors (Lipinski definition) is 2. The van der Waals surface area contributed by atoms with E-state index < -0.39 is 5.97 Å². The molecule has 0 bridgehead atoms. The van der Waals surface area contributed by atoms with Crippen molar-refractivity contribution in [2.45, 2.75) is 25.3 Å². The van der Waals surface area contributed by atoms with Crippen molar-refractivity contribution >= 4 is 11.9 Å². The Morgan fingerprint density at radius 3 is 2.54 bits per heavy atom. The Bertz CT molecular complexity index is 671. The van der Waals surface area contributed by atoms with Crippen LogP contribution in [0.1, 0.15) is 29.9 Å². The molecule has 0 aliphatic carbocycles. The van der Waals surface area contributed by atoms with Crippen LogP contribution in [0.15, 0.2) is 48.8 Å². The Kier molecular flexibility index (Phi) is 6.31. The minimum absolute atomic E-state index is 0.105. The van der Waals surface area contributed by atoms with E-state index in [1.807, 2.05) is 6.07 Å². The molecule has 1 heterocycles. The molecule has 2 N–H and O–H groups in total. The van der Waals surface area contributed by atoms with Crippen LogP contribution in [-0.4, -0.2) is 29.1 Å². The number of aromatic nitrogens is 1. The molecule has 126 valence electrons. The number of carboxylic acids is 1. The first-order valence-electron chi connectivity index (χ1n) is 7.60. The van der Waals surface area contributed by atoms with Gasteiger partial charge in [0.15, 0.2) is 0 Å². The van der Waals surface area contributed by atoms with E-state index in [4.69, 9.17) is 9.84 Å². The molecule has 1 aromatic heterocycles. The number of carbonyl (C=O) groups is 2. The molecular weight excluding hydrogens is 308 g/mol. The second-order valence-corrected chi connectivity index (χ2v) is 5.41. The Morgan fingerprint density at radius 2 is 1.96 bits per heavy atom. The minimum atomic E-state index is -0.934. The Hall–Kier alpha value is -2.89. The fourth-order valence-corrected chi connectivity index (χ4v) is 2.39. The normalized spacial score (nSPS) is 11.5. The lowest BCUT2D eigenvalue weighted by Crippen LogP contribution is -2.25. The Balaban J connectivity index is 1.99. The molecule has 1 atom stereocenters.